The lowest BCUT2D eigenvalue weighted by atomic mass is 10.1. The van der Waals surface area contributed by atoms with Gasteiger partial charge in [-0.05, 0) is 6.92 Å². The molecular weight excluding hydrogens is 140 g/mol. The lowest BCUT2D eigenvalue weighted by molar-refractivity contribution is 0.431. The summed E-state index contributed by atoms with van der Waals surface area (Å²) in [5.41, 5.74) is 1.75. The minimum Gasteiger partial charge on any atom is -0.512 e. The van der Waals surface area contributed by atoms with Gasteiger partial charge < -0.3 is 10.2 Å². The van der Waals surface area contributed by atoms with Crippen LogP contribution in [0.5, 0.6) is 0 Å². The van der Waals surface area contributed by atoms with Crippen molar-refractivity contribution in [1.82, 2.24) is 0 Å². The quantitative estimate of drug-likeness (QED) is 0.603. The molecule has 0 aliphatic carbocycles. The van der Waals surface area contributed by atoms with Crippen LogP contribution in [-0.4, -0.2) is 10.2 Å². The van der Waals surface area contributed by atoms with Crippen LogP contribution in [-0.2, 0) is 0 Å². The molecule has 0 fully saturated rings. The Balaban J connectivity index is 2.99. The van der Waals surface area contributed by atoms with E-state index in [9.17, 15) is 0 Å². The molecule has 2 nitrogen and oxygen atoms in total. The maximum atomic E-state index is 9.03. The third kappa shape index (κ3) is 1.74. The van der Waals surface area contributed by atoms with Crippen LogP contribution in [0, 0.1) is 6.92 Å². The van der Waals surface area contributed by atoms with Crippen molar-refractivity contribution in [3.8, 4) is 0 Å². The summed E-state index contributed by atoms with van der Waals surface area (Å²) in [6, 6.07) is 7.24. The van der Waals surface area contributed by atoms with Gasteiger partial charge >= 0.3 is 0 Å². The van der Waals surface area contributed by atoms with Gasteiger partial charge in [0.15, 0.2) is 5.76 Å². The standard InChI is InChI=1S/C9H10O2/c1-7-2-4-8(5-3-7)9(11)6-10/h2-6,10-11H,1H3/b9-6+. The first-order valence-corrected chi connectivity index (χ1v) is 3.34. The van der Waals surface area contributed by atoms with Gasteiger partial charge in [-0.2, -0.15) is 0 Å². The highest BCUT2D eigenvalue weighted by atomic mass is 16.3. The molecular formula is C9H10O2. The molecule has 0 saturated carbocycles. The molecule has 0 amide bonds. The van der Waals surface area contributed by atoms with E-state index in [-0.39, 0.29) is 5.76 Å². The summed E-state index contributed by atoms with van der Waals surface area (Å²) in [6.45, 7) is 1.96. The number of benzene rings is 1. The van der Waals surface area contributed by atoms with Crippen molar-refractivity contribution in [2.45, 2.75) is 6.92 Å². The molecule has 1 rings (SSSR count). The maximum Gasteiger partial charge on any atom is 0.157 e. The maximum absolute atomic E-state index is 9.03. The summed E-state index contributed by atoms with van der Waals surface area (Å²) in [5, 5.41) is 17.5. The summed E-state index contributed by atoms with van der Waals surface area (Å²) in [5.74, 6) is -0.106. The Morgan fingerprint density at radius 2 is 1.82 bits per heavy atom. The van der Waals surface area contributed by atoms with E-state index in [0.29, 0.717) is 11.8 Å². The molecule has 0 spiro atoms. The molecule has 0 aliphatic rings. The molecule has 0 bridgehead atoms. The molecule has 1 aromatic rings. The van der Waals surface area contributed by atoms with Crippen molar-refractivity contribution in [1.29, 1.82) is 0 Å². The largest absolute Gasteiger partial charge is 0.512 e. The predicted octanol–water partition coefficient (Wildman–Crippen LogP) is 2.41. The number of aliphatic hydroxyl groups excluding tert-OH is 2. The second-order valence-corrected chi connectivity index (χ2v) is 2.38. The first-order chi connectivity index (χ1) is 5.24. The molecule has 11 heavy (non-hydrogen) atoms. The topological polar surface area (TPSA) is 40.5 Å². The Kier molecular flexibility index (Phi) is 2.16. The van der Waals surface area contributed by atoms with Crippen LogP contribution in [0.2, 0.25) is 0 Å². The fourth-order valence-corrected chi connectivity index (χ4v) is 0.799. The van der Waals surface area contributed by atoms with E-state index in [1.165, 1.54) is 0 Å². The van der Waals surface area contributed by atoms with Gasteiger partial charge in [0.1, 0.15) is 6.26 Å². The fourth-order valence-electron chi connectivity index (χ4n) is 0.799. The average Bonchev–Trinajstić information content (AvgIpc) is 2.05. The highest BCUT2D eigenvalue weighted by molar-refractivity contribution is 5.57. The van der Waals surface area contributed by atoms with Crippen LogP contribution in [0.25, 0.3) is 5.76 Å². The number of aliphatic hydroxyl groups is 2. The van der Waals surface area contributed by atoms with E-state index in [2.05, 4.69) is 0 Å². The predicted molar refractivity (Wildman–Crippen MR) is 44.4 cm³/mol. The van der Waals surface area contributed by atoms with Crippen LogP contribution < -0.4 is 0 Å². The van der Waals surface area contributed by atoms with Gasteiger partial charge in [0.05, 0.1) is 0 Å². The summed E-state index contributed by atoms with van der Waals surface area (Å²) >= 11 is 0. The third-order valence-electron chi connectivity index (χ3n) is 1.47. The Morgan fingerprint density at radius 3 is 2.27 bits per heavy atom. The van der Waals surface area contributed by atoms with E-state index in [1.807, 2.05) is 19.1 Å². The van der Waals surface area contributed by atoms with Crippen LogP contribution in [0.15, 0.2) is 30.5 Å². The van der Waals surface area contributed by atoms with Crippen molar-refractivity contribution >= 4 is 5.76 Å². The zero-order chi connectivity index (χ0) is 8.27. The first kappa shape index (κ1) is 7.66. The molecule has 2 N–H and O–H groups in total. The van der Waals surface area contributed by atoms with E-state index in [4.69, 9.17) is 10.2 Å². The van der Waals surface area contributed by atoms with Gasteiger partial charge in [0.25, 0.3) is 0 Å². The van der Waals surface area contributed by atoms with E-state index in [0.717, 1.165) is 5.56 Å². The summed E-state index contributed by atoms with van der Waals surface area (Å²) in [7, 11) is 0. The Bertz CT molecular complexity index is 259. The molecule has 2 heteroatoms. The minimum absolute atomic E-state index is 0.106. The van der Waals surface area contributed by atoms with Gasteiger partial charge in [-0.3, -0.25) is 0 Å². The van der Waals surface area contributed by atoms with Crippen LogP contribution >= 0.6 is 0 Å². The van der Waals surface area contributed by atoms with Gasteiger partial charge in [-0.15, -0.1) is 0 Å². The smallest absolute Gasteiger partial charge is 0.157 e. The lowest BCUT2D eigenvalue weighted by Crippen LogP contribution is -1.82. The van der Waals surface area contributed by atoms with Crippen molar-refractivity contribution < 1.29 is 10.2 Å². The SMILES string of the molecule is Cc1ccc(/C(O)=C\O)cc1. The van der Waals surface area contributed by atoms with Gasteiger partial charge in [0, 0.05) is 5.56 Å². The molecule has 0 unspecified atom stereocenters. The molecule has 0 aromatic heterocycles. The van der Waals surface area contributed by atoms with Crippen molar-refractivity contribution in [2.24, 2.45) is 0 Å². The molecule has 0 atom stereocenters. The van der Waals surface area contributed by atoms with Crippen LogP contribution in [0.4, 0.5) is 0 Å². The van der Waals surface area contributed by atoms with E-state index in [1.54, 1.807) is 12.1 Å². The summed E-state index contributed by atoms with van der Waals surface area (Å²) in [4.78, 5) is 0. The normalized spacial score (nSPS) is 11.5. The van der Waals surface area contributed by atoms with Crippen molar-refractivity contribution in [3.63, 3.8) is 0 Å². The number of rotatable bonds is 1. The Labute approximate surface area is 65.4 Å². The minimum atomic E-state index is -0.106. The number of hydrogen-bond acceptors (Lipinski definition) is 2. The van der Waals surface area contributed by atoms with Crippen molar-refractivity contribution in [2.75, 3.05) is 0 Å². The van der Waals surface area contributed by atoms with E-state index < -0.39 is 0 Å². The van der Waals surface area contributed by atoms with Crippen LogP contribution in [0.3, 0.4) is 0 Å². The van der Waals surface area contributed by atoms with Gasteiger partial charge in [-0.1, -0.05) is 29.8 Å². The molecule has 0 radical (unpaired) electrons. The van der Waals surface area contributed by atoms with Crippen molar-refractivity contribution in [3.05, 3.63) is 41.7 Å². The fraction of sp³-hybridized carbons (Fsp3) is 0.111. The second kappa shape index (κ2) is 3.10. The Morgan fingerprint density at radius 1 is 1.27 bits per heavy atom. The molecule has 0 aliphatic heterocycles. The lowest BCUT2D eigenvalue weighted by Gasteiger charge is -1.97. The molecule has 58 valence electrons. The van der Waals surface area contributed by atoms with Crippen LogP contribution in [0.1, 0.15) is 11.1 Å². The zero-order valence-electron chi connectivity index (χ0n) is 6.28. The van der Waals surface area contributed by atoms with Gasteiger partial charge in [0.2, 0.25) is 0 Å². The highest BCUT2D eigenvalue weighted by Gasteiger charge is 1.95. The van der Waals surface area contributed by atoms with E-state index >= 15 is 0 Å². The monoisotopic (exact) mass is 150 g/mol. The van der Waals surface area contributed by atoms with Gasteiger partial charge in [-0.25, -0.2) is 0 Å². The highest BCUT2D eigenvalue weighted by Crippen LogP contribution is 2.10. The molecule has 1 aromatic carbocycles. The number of aryl methyl sites for hydroxylation is 1. The average molecular weight is 150 g/mol. The molecule has 0 heterocycles. The third-order valence-corrected chi connectivity index (χ3v) is 1.47. The number of hydrogen-bond donors (Lipinski definition) is 2. The summed E-state index contributed by atoms with van der Waals surface area (Å²) in [6.07, 6.45) is 0.685. The summed E-state index contributed by atoms with van der Waals surface area (Å²) < 4.78 is 0. The zero-order valence-corrected chi connectivity index (χ0v) is 6.28. The second-order valence-electron chi connectivity index (χ2n) is 2.38. The first-order valence-electron chi connectivity index (χ1n) is 3.34. The molecule has 0 saturated heterocycles. The Hall–Kier alpha value is -1.44.